The van der Waals surface area contributed by atoms with E-state index in [9.17, 15) is 9.59 Å². The van der Waals surface area contributed by atoms with Crippen molar-refractivity contribution in [2.75, 3.05) is 7.11 Å². The van der Waals surface area contributed by atoms with Crippen LogP contribution in [0.2, 0.25) is 0 Å². The molecule has 0 fully saturated rings. The molecule has 0 heterocycles. The van der Waals surface area contributed by atoms with Crippen LogP contribution in [-0.4, -0.2) is 18.9 Å². The van der Waals surface area contributed by atoms with E-state index in [1.165, 1.54) is 7.11 Å². The number of carbonyl (C=O) groups is 2. The Morgan fingerprint density at radius 2 is 1.44 bits per heavy atom. The minimum absolute atomic E-state index is 0.140. The number of unbranched alkanes of at least 4 members (excludes halogenated alkanes) is 4. The molecule has 0 radical (unpaired) electrons. The van der Waals surface area contributed by atoms with Crippen molar-refractivity contribution in [3.8, 4) is 0 Å². The van der Waals surface area contributed by atoms with Gasteiger partial charge in [0, 0.05) is 19.3 Å². The molecule has 0 aromatic carbocycles. The van der Waals surface area contributed by atoms with Gasteiger partial charge in [-0.3, -0.25) is 9.59 Å². The summed E-state index contributed by atoms with van der Waals surface area (Å²) in [5.74, 6) is 0.244. The van der Waals surface area contributed by atoms with Crippen molar-refractivity contribution in [2.24, 2.45) is 0 Å². The van der Waals surface area contributed by atoms with E-state index in [0.29, 0.717) is 18.6 Å². The van der Waals surface area contributed by atoms with Crippen LogP contribution in [0.4, 0.5) is 0 Å². The molecule has 16 heavy (non-hydrogen) atoms. The van der Waals surface area contributed by atoms with Gasteiger partial charge in [-0.05, 0) is 19.3 Å². The second-order valence-electron chi connectivity index (χ2n) is 4.13. The first-order valence-electron chi connectivity index (χ1n) is 6.29. The molecule has 0 aliphatic heterocycles. The van der Waals surface area contributed by atoms with Gasteiger partial charge in [-0.25, -0.2) is 0 Å². The lowest BCUT2D eigenvalue weighted by atomic mass is 10.1. The average Bonchev–Trinajstić information content (AvgIpc) is 2.30. The molecule has 0 saturated heterocycles. The summed E-state index contributed by atoms with van der Waals surface area (Å²) in [6.45, 7) is 2.10. The Kier molecular flexibility index (Phi) is 10.1. The summed E-state index contributed by atoms with van der Waals surface area (Å²) in [7, 11) is 1.41. The minimum atomic E-state index is -0.140. The minimum Gasteiger partial charge on any atom is -0.469 e. The van der Waals surface area contributed by atoms with E-state index in [1.807, 2.05) is 0 Å². The molecule has 0 aromatic rings. The molecular formula is C13H24O3. The Morgan fingerprint density at radius 1 is 0.875 bits per heavy atom. The van der Waals surface area contributed by atoms with Crippen molar-refractivity contribution >= 4 is 11.8 Å². The smallest absolute Gasteiger partial charge is 0.305 e. The van der Waals surface area contributed by atoms with Crippen molar-refractivity contribution in [3.63, 3.8) is 0 Å². The summed E-state index contributed by atoms with van der Waals surface area (Å²) < 4.78 is 4.55. The largest absolute Gasteiger partial charge is 0.469 e. The second kappa shape index (κ2) is 10.7. The van der Waals surface area contributed by atoms with Gasteiger partial charge < -0.3 is 4.74 Å². The SMILES string of the molecule is CCCCC(=O)CCCCCCC(=O)OC. The summed E-state index contributed by atoms with van der Waals surface area (Å²) in [6.07, 6.45) is 7.92. The van der Waals surface area contributed by atoms with E-state index < -0.39 is 0 Å². The highest BCUT2D eigenvalue weighted by molar-refractivity contribution is 5.78. The Labute approximate surface area is 98.6 Å². The number of Topliss-reactive ketones (excluding diaryl/α,β-unsaturated/α-hetero) is 1. The maximum Gasteiger partial charge on any atom is 0.305 e. The number of hydrogen-bond donors (Lipinski definition) is 0. The molecule has 0 unspecified atom stereocenters. The predicted octanol–water partition coefficient (Wildman–Crippen LogP) is 3.26. The van der Waals surface area contributed by atoms with Crippen LogP contribution in [0.15, 0.2) is 0 Å². The molecule has 3 heteroatoms. The zero-order chi connectivity index (χ0) is 12.2. The van der Waals surface area contributed by atoms with Gasteiger partial charge in [0.25, 0.3) is 0 Å². The number of esters is 1. The lowest BCUT2D eigenvalue weighted by Gasteiger charge is -2.01. The van der Waals surface area contributed by atoms with Crippen LogP contribution in [0.5, 0.6) is 0 Å². The zero-order valence-electron chi connectivity index (χ0n) is 10.6. The number of ketones is 1. The molecule has 3 nitrogen and oxygen atoms in total. The van der Waals surface area contributed by atoms with Crippen LogP contribution >= 0.6 is 0 Å². The van der Waals surface area contributed by atoms with Crippen molar-refractivity contribution in [1.82, 2.24) is 0 Å². The highest BCUT2D eigenvalue weighted by atomic mass is 16.5. The first kappa shape index (κ1) is 15.1. The predicted molar refractivity (Wildman–Crippen MR) is 64.3 cm³/mol. The molecule has 0 atom stereocenters. The first-order chi connectivity index (χ1) is 7.70. The van der Waals surface area contributed by atoms with Crippen LogP contribution < -0.4 is 0 Å². The fraction of sp³-hybridized carbons (Fsp3) is 0.846. The Bertz CT molecular complexity index is 199. The van der Waals surface area contributed by atoms with Gasteiger partial charge in [0.15, 0.2) is 0 Å². The molecule has 0 aliphatic carbocycles. The van der Waals surface area contributed by atoms with E-state index in [2.05, 4.69) is 11.7 Å². The molecule has 0 amide bonds. The van der Waals surface area contributed by atoms with Crippen LogP contribution in [0.25, 0.3) is 0 Å². The van der Waals surface area contributed by atoms with Gasteiger partial charge in [0.2, 0.25) is 0 Å². The van der Waals surface area contributed by atoms with Gasteiger partial charge in [-0.1, -0.05) is 26.2 Å². The van der Waals surface area contributed by atoms with E-state index >= 15 is 0 Å². The van der Waals surface area contributed by atoms with Crippen LogP contribution in [-0.2, 0) is 14.3 Å². The fourth-order valence-corrected chi connectivity index (χ4v) is 1.55. The third-order valence-corrected chi connectivity index (χ3v) is 2.62. The molecule has 0 saturated carbocycles. The van der Waals surface area contributed by atoms with Crippen molar-refractivity contribution in [3.05, 3.63) is 0 Å². The molecule has 0 N–H and O–H groups in total. The molecule has 0 aliphatic rings. The summed E-state index contributed by atoms with van der Waals surface area (Å²) in [5, 5.41) is 0. The van der Waals surface area contributed by atoms with E-state index in [1.54, 1.807) is 0 Å². The topological polar surface area (TPSA) is 43.4 Å². The second-order valence-corrected chi connectivity index (χ2v) is 4.13. The first-order valence-corrected chi connectivity index (χ1v) is 6.29. The molecule has 0 spiro atoms. The van der Waals surface area contributed by atoms with Gasteiger partial charge in [-0.15, -0.1) is 0 Å². The maximum absolute atomic E-state index is 11.3. The molecule has 94 valence electrons. The van der Waals surface area contributed by atoms with Crippen molar-refractivity contribution in [1.29, 1.82) is 0 Å². The average molecular weight is 228 g/mol. The summed E-state index contributed by atoms with van der Waals surface area (Å²) in [4.78, 5) is 22.1. The molecule has 0 bridgehead atoms. The lowest BCUT2D eigenvalue weighted by molar-refractivity contribution is -0.140. The maximum atomic E-state index is 11.3. The highest BCUT2D eigenvalue weighted by Gasteiger charge is 2.02. The molecular weight excluding hydrogens is 204 g/mol. The van der Waals surface area contributed by atoms with Crippen molar-refractivity contribution in [2.45, 2.75) is 64.7 Å². The van der Waals surface area contributed by atoms with Crippen LogP contribution in [0, 0.1) is 0 Å². The fourth-order valence-electron chi connectivity index (χ4n) is 1.55. The monoisotopic (exact) mass is 228 g/mol. The third kappa shape index (κ3) is 9.69. The Morgan fingerprint density at radius 3 is 2.00 bits per heavy atom. The van der Waals surface area contributed by atoms with E-state index in [4.69, 9.17) is 0 Å². The summed E-state index contributed by atoms with van der Waals surface area (Å²) >= 11 is 0. The number of carbonyl (C=O) groups excluding carboxylic acids is 2. The number of rotatable bonds is 10. The zero-order valence-corrected chi connectivity index (χ0v) is 10.6. The Hall–Kier alpha value is -0.860. The molecule has 0 aromatic heterocycles. The van der Waals surface area contributed by atoms with Gasteiger partial charge in [0.1, 0.15) is 5.78 Å². The van der Waals surface area contributed by atoms with Gasteiger partial charge in [-0.2, -0.15) is 0 Å². The van der Waals surface area contributed by atoms with Crippen LogP contribution in [0.1, 0.15) is 64.7 Å². The van der Waals surface area contributed by atoms with E-state index in [0.717, 1.165) is 44.9 Å². The number of methoxy groups -OCH3 is 1. The standard InChI is InChI=1S/C13H24O3/c1-3-4-9-12(14)10-7-5-6-8-11-13(15)16-2/h3-11H2,1-2H3. The number of hydrogen-bond acceptors (Lipinski definition) is 3. The van der Waals surface area contributed by atoms with Gasteiger partial charge in [0.05, 0.1) is 7.11 Å². The quantitative estimate of drug-likeness (QED) is 0.426. The lowest BCUT2D eigenvalue weighted by Crippen LogP contribution is -2.00. The van der Waals surface area contributed by atoms with Crippen molar-refractivity contribution < 1.29 is 14.3 Å². The Balaban J connectivity index is 3.20. The molecule has 0 rings (SSSR count). The third-order valence-electron chi connectivity index (χ3n) is 2.62. The summed E-state index contributed by atoms with van der Waals surface area (Å²) in [6, 6.07) is 0. The normalized spacial score (nSPS) is 10.1. The highest BCUT2D eigenvalue weighted by Crippen LogP contribution is 2.08. The van der Waals surface area contributed by atoms with Gasteiger partial charge >= 0.3 is 5.97 Å². The van der Waals surface area contributed by atoms with Crippen LogP contribution in [0.3, 0.4) is 0 Å². The number of ether oxygens (including phenoxy) is 1. The van der Waals surface area contributed by atoms with E-state index in [-0.39, 0.29) is 5.97 Å². The summed E-state index contributed by atoms with van der Waals surface area (Å²) in [5.41, 5.74) is 0.